The lowest BCUT2D eigenvalue weighted by molar-refractivity contribution is -0.122. The summed E-state index contributed by atoms with van der Waals surface area (Å²) in [6.07, 6.45) is 8.94. The highest BCUT2D eigenvalue weighted by Gasteiger charge is 2.62. The van der Waals surface area contributed by atoms with Crippen molar-refractivity contribution < 1.29 is 23.6 Å². The fourth-order valence-corrected chi connectivity index (χ4v) is 6.74. The van der Waals surface area contributed by atoms with Gasteiger partial charge >= 0.3 is 7.12 Å². The van der Waals surface area contributed by atoms with Crippen LogP contribution in [0.4, 0.5) is 0 Å². The Morgan fingerprint density at radius 3 is 2.72 bits per heavy atom. The van der Waals surface area contributed by atoms with Gasteiger partial charge < -0.3 is 24.7 Å². The summed E-state index contributed by atoms with van der Waals surface area (Å²) < 4.78 is 18.6. The Hall–Kier alpha value is -4.11. The number of aryl methyl sites for hydroxylation is 1. The second-order valence-corrected chi connectivity index (χ2v) is 11.9. The molecule has 3 aromatic rings. The fraction of sp³-hybridized carbons (Fsp3) is 0.382. The number of nitrogens with zero attached hydrogens (tertiary/aromatic N) is 1. The van der Waals surface area contributed by atoms with Crippen LogP contribution in [0, 0.1) is 18.8 Å². The van der Waals surface area contributed by atoms with Crippen LogP contribution in [0.15, 0.2) is 84.9 Å². The van der Waals surface area contributed by atoms with Gasteiger partial charge in [-0.25, -0.2) is 0 Å². The molecule has 222 valence electrons. The summed E-state index contributed by atoms with van der Waals surface area (Å²) in [5.41, 5.74) is 3.13. The van der Waals surface area contributed by atoms with Crippen molar-refractivity contribution >= 4 is 18.9 Å². The lowest BCUT2D eigenvalue weighted by Gasteiger charge is -2.52. The van der Waals surface area contributed by atoms with Crippen molar-refractivity contribution in [1.29, 1.82) is 0 Å². The van der Waals surface area contributed by atoms with E-state index in [2.05, 4.69) is 59.8 Å². The highest BCUT2D eigenvalue weighted by molar-refractivity contribution is 6.48. The summed E-state index contributed by atoms with van der Waals surface area (Å²) in [4.78, 5) is 31.0. The summed E-state index contributed by atoms with van der Waals surface area (Å²) in [5.74, 6) is 1.55. The first-order valence-electron chi connectivity index (χ1n) is 15.1. The highest BCUT2D eigenvalue weighted by Crippen LogP contribution is 2.59. The largest absolute Gasteiger partial charge is 0.550 e. The van der Waals surface area contributed by atoms with Crippen LogP contribution >= 0.6 is 0 Å². The number of methoxy groups -OCH3 is 1. The molecule has 0 radical (unpaired) electrons. The number of benzene rings is 2. The summed E-state index contributed by atoms with van der Waals surface area (Å²) in [6, 6.07) is 18.5. The van der Waals surface area contributed by atoms with E-state index in [9.17, 15) is 9.59 Å². The standard InChI is InChI=1S/C34H38BN3O5/c1-4-26-17-27-18-29-20-34(26,27)43-35(42-29)31(15-23-12-10-22(2)11-13-23)38-32(39)19-30(24-7-5-9-28(16-24)41-3)37-33(40)25-8-6-14-36-21-25/h5-14,16,20-21,26-27,30-31H,4,15,17-19H2,1-3H3,(H,37,40)(H,38,39)/t26?,27?,30?,31-,34-/m0/s1. The molecular formula is C34H38BN3O5. The topological polar surface area (TPSA) is 98.8 Å². The number of nitrogens with one attached hydrogen (secondary N) is 2. The molecule has 5 atom stereocenters. The molecule has 3 unspecified atom stereocenters. The molecule has 0 saturated heterocycles. The van der Waals surface area contributed by atoms with Gasteiger partial charge in [-0.2, -0.15) is 0 Å². The maximum Gasteiger partial charge on any atom is 0.550 e. The zero-order valence-corrected chi connectivity index (χ0v) is 24.9. The van der Waals surface area contributed by atoms with Crippen molar-refractivity contribution in [2.45, 2.75) is 63.5 Å². The number of allylic oxidation sites excluding steroid dienone is 1. The quantitative estimate of drug-likeness (QED) is 0.306. The van der Waals surface area contributed by atoms with Gasteiger partial charge in [-0.3, -0.25) is 14.6 Å². The molecule has 6 rings (SSSR count). The number of carbonyl (C=O) groups is 2. The number of carbonyl (C=O) groups excluding carboxylic acids is 2. The van der Waals surface area contributed by atoms with Crippen molar-refractivity contribution in [3.8, 4) is 5.75 Å². The molecule has 1 spiro atoms. The van der Waals surface area contributed by atoms with E-state index in [1.54, 1.807) is 25.4 Å². The minimum absolute atomic E-state index is 0.0182. The first-order valence-corrected chi connectivity index (χ1v) is 15.1. The van der Waals surface area contributed by atoms with E-state index in [-0.39, 0.29) is 23.8 Å². The number of hydrogen-bond donors (Lipinski definition) is 2. The molecule has 3 aliphatic rings. The molecule has 1 saturated carbocycles. The van der Waals surface area contributed by atoms with E-state index in [0.717, 1.165) is 36.1 Å². The Morgan fingerprint density at radius 2 is 1.98 bits per heavy atom. The molecule has 2 N–H and O–H groups in total. The van der Waals surface area contributed by atoms with Gasteiger partial charge in [0.15, 0.2) is 0 Å². The van der Waals surface area contributed by atoms with Gasteiger partial charge in [0.1, 0.15) is 5.75 Å². The molecule has 2 heterocycles. The van der Waals surface area contributed by atoms with Crippen molar-refractivity contribution in [2.75, 3.05) is 7.11 Å². The average Bonchev–Trinajstić information content (AvgIpc) is 3.22. The van der Waals surface area contributed by atoms with Crippen molar-refractivity contribution in [3.63, 3.8) is 0 Å². The Kier molecular flexibility index (Phi) is 8.26. The highest BCUT2D eigenvalue weighted by atomic mass is 16.6. The van der Waals surface area contributed by atoms with Crippen LogP contribution in [-0.2, 0) is 20.5 Å². The number of ether oxygens (including phenoxy) is 1. The molecule has 1 fully saturated rings. The summed E-state index contributed by atoms with van der Waals surface area (Å²) in [6.45, 7) is 4.26. The number of amides is 2. The smallest absolute Gasteiger partial charge is 0.538 e. The fourth-order valence-electron chi connectivity index (χ4n) is 6.74. The predicted octanol–water partition coefficient (Wildman–Crippen LogP) is 5.13. The third-order valence-corrected chi connectivity index (χ3v) is 9.13. The minimum Gasteiger partial charge on any atom is -0.538 e. The monoisotopic (exact) mass is 579 g/mol. The first-order chi connectivity index (χ1) is 20.9. The van der Waals surface area contributed by atoms with E-state index in [1.165, 1.54) is 11.8 Å². The van der Waals surface area contributed by atoms with Crippen LogP contribution in [0.25, 0.3) is 0 Å². The van der Waals surface area contributed by atoms with Crippen LogP contribution in [0.5, 0.6) is 5.75 Å². The van der Waals surface area contributed by atoms with E-state index in [0.29, 0.717) is 29.6 Å². The van der Waals surface area contributed by atoms with Crippen LogP contribution in [-0.4, -0.2) is 42.6 Å². The molecule has 8 nitrogen and oxygen atoms in total. The summed E-state index contributed by atoms with van der Waals surface area (Å²) in [5, 5.41) is 6.27. The van der Waals surface area contributed by atoms with Gasteiger partial charge in [0.2, 0.25) is 5.91 Å². The number of aromatic nitrogens is 1. The molecule has 2 bridgehead atoms. The number of pyridine rings is 1. The van der Waals surface area contributed by atoms with Gasteiger partial charge in [0.05, 0.1) is 42.4 Å². The average molecular weight is 580 g/mol. The summed E-state index contributed by atoms with van der Waals surface area (Å²) in [7, 11) is 0.983. The maximum absolute atomic E-state index is 13.8. The molecule has 2 aromatic carbocycles. The third kappa shape index (κ3) is 6.04. The van der Waals surface area contributed by atoms with E-state index < -0.39 is 19.1 Å². The minimum atomic E-state index is -0.607. The molecule has 1 aliphatic heterocycles. The second kappa shape index (κ2) is 12.2. The molecular weight excluding hydrogens is 541 g/mol. The van der Waals surface area contributed by atoms with Crippen LogP contribution < -0.4 is 15.4 Å². The van der Waals surface area contributed by atoms with Crippen LogP contribution in [0.2, 0.25) is 0 Å². The predicted molar refractivity (Wildman–Crippen MR) is 164 cm³/mol. The van der Waals surface area contributed by atoms with E-state index >= 15 is 0 Å². The normalized spacial score (nSPS) is 23.1. The zero-order chi connectivity index (χ0) is 30.0. The van der Waals surface area contributed by atoms with Gasteiger partial charge in [-0.1, -0.05) is 55.3 Å². The second-order valence-electron chi connectivity index (χ2n) is 11.9. The number of hydrogen-bond acceptors (Lipinski definition) is 6. The van der Waals surface area contributed by atoms with Gasteiger partial charge in [0, 0.05) is 18.8 Å². The Morgan fingerprint density at radius 1 is 1.14 bits per heavy atom. The lowest BCUT2D eigenvalue weighted by Crippen LogP contribution is -2.61. The zero-order valence-electron chi connectivity index (χ0n) is 24.9. The molecule has 43 heavy (non-hydrogen) atoms. The first kappa shape index (κ1) is 29.0. The molecule has 2 amide bonds. The van der Waals surface area contributed by atoms with Crippen LogP contribution in [0.3, 0.4) is 0 Å². The van der Waals surface area contributed by atoms with E-state index in [1.807, 2.05) is 24.3 Å². The SMILES string of the molecule is CCC1CC2CC3=C[C@]12OB([C@H](Cc1ccc(C)cc1)NC(=O)CC(NC(=O)c1cccnc1)c1cccc(OC)c1)O3. The van der Waals surface area contributed by atoms with Gasteiger partial charge in [-0.15, -0.1) is 0 Å². The van der Waals surface area contributed by atoms with Gasteiger partial charge in [-0.05, 0) is 73.1 Å². The third-order valence-electron chi connectivity index (χ3n) is 9.13. The van der Waals surface area contributed by atoms with Crippen molar-refractivity contribution in [1.82, 2.24) is 15.6 Å². The molecule has 1 aromatic heterocycles. The van der Waals surface area contributed by atoms with Crippen molar-refractivity contribution in [2.24, 2.45) is 11.8 Å². The van der Waals surface area contributed by atoms with E-state index in [4.69, 9.17) is 14.0 Å². The Labute approximate surface area is 253 Å². The molecule has 2 aliphatic carbocycles. The Balaban J connectivity index is 1.24. The lowest BCUT2D eigenvalue weighted by atomic mass is 9.59. The summed E-state index contributed by atoms with van der Waals surface area (Å²) >= 11 is 0. The van der Waals surface area contributed by atoms with Crippen molar-refractivity contribution in [3.05, 3.63) is 107 Å². The van der Waals surface area contributed by atoms with Crippen LogP contribution in [0.1, 0.15) is 65.7 Å². The number of rotatable bonds is 11. The molecule has 9 heteroatoms. The maximum atomic E-state index is 13.8. The Bertz CT molecular complexity index is 1500. The van der Waals surface area contributed by atoms with Gasteiger partial charge in [0.25, 0.3) is 5.91 Å².